The predicted octanol–water partition coefficient (Wildman–Crippen LogP) is 6.36. The summed E-state index contributed by atoms with van der Waals surface area (Å²) in [6.07, 6.45) is 5.95. The molecular formula is C29H35N3O3. The number of amides is 2. The lowest BCUT2D eigenvalue weighted by molar-refractivity contribution is -0.114. The van der Waals surface area contributed by atoms with Gasteiger partial charge in [0.05, 0.1) is 13.2 Å². The molecule has 2 amide bonds. The zero-order valence-electron chi connectivity index (χ0n) is 20.6. The summed E-state index contributed by atoms with van der Waals surface area (Å²) < 4.78 is 5.82. The Morgan fingerprint density at radius 3 is 2.31 bits per heavy atom. The Morgan fingerprint density at radius 1 is 0.829 bits per heavy atom. The van der Waals surface area contributed by atoms with Crippen LogP contribution in [0.25, 0.3) is 0 Å². The molecule has 0 aromatic heterocycles. The van der Waals surface area contributed by atoms with E-state index in [1.165, 1.54) is 25.7 Å². The number of anilines is 3. The molecule has 184 valence electrons. The van der Waals surface area contributed by atoms with Gasteiger partial charge in [-0.05, 0) is 55.0 Å². The van der Waals surface area contributed by atoms with Crippen molar-refractivity contribution in [2.24, 2.45) is 0 Å². The first kappa shape index (κ1) is 25.8. The van der Waals surface area contributed by atoms with E-state index in [0.717, 1.165) is 23.5 Å². The van der Waals surface area contributed by atoms with Gasteiger partial charge >= 0.3 is 0 Å². The molecule has 6 nitrogen and oxygen atoms in total. The summed E-state index contributed by atoms with van der Waals surface area (Å²) in [5.74, 6) is 0.501. The SMILES string of the molecule is CCCCCCCOc1cccc(NC(=O)CNc2ccc(C(=O)N(C)c3ccccc3)cc2)c1. The maximum Gasteiger partial charge on any atom is 0.258 e. The van der Waals surface area contributed by atoms with Gasteiger partial charge in [0.2, 0.25) is 5.91 Å². The van der Waals surface area contributed by atoms with Gasteiger partial charge in [0.1, 0.15) is 5.75 Å². The number of hydrogen-bond acceptors (Lipinski definition) is 4. The van der Waals surface area contributed by atoms with Crippen molar-refractivity contribution in [3.05, 3.63) is 84.4 Å². The van der Waals surface area contributed by atoms with Gasteiger partial charge in [0.15, 0.2) is 0 Å². The Kier molecular flexibility index (Phi) is 10.2. The predicted molar refractivity (Wildman–Crippen MR) is 143 cm³/mol. The molecule has 3 aromatic rings. The molecule has 0 atom stereocenters. The summed E-state index contributed by atoms with van der Waals surface area (Å²) in [5, 5.41) is 5.99. The van der Waals surface area contributed by atoms with Crippen molar-refractivity contribution in [1.82, 2.24) is 0 Å². The molecule has 0 radical (unpaired) electrons. The number of unbranched alkanes of at least 4 members (excludes halogenated alkanes) is 4. The third-order valence-corrected chi connectivity index (χ3v) is 5.67. The van der Waals surface area contributed by atoms with Gasteiger partial charge in [-0.15, -0.1) is 0 Å². The van der Waals surface area contributed by atoms with Gasteiger partial charge in [0, 0.05) is 35.7 Å². The fraction of sp³-hybridized carbons (Fsp3) is 0.310. The van der Waals surface area contributed by atoms with Gasteiger partial charge < -0.3 is 20.3 Å². The molecule has 0 bridgehead atoms. The van der Waals surface area contributed by atoms with E-state index in [9.17, 15) is 9.59 Å². The van der Waals surface area contributed by atoms with Crippen LogP contribution in [-0.4, -0.2) is 32.0 Å². The maximum atomic E-state index is 12.7. The molecule has 0 spiro atoms. The summed E-state index contributed by atoms with van der Waals surface area (Å²) in [6, 6.07) is 24.1. The fourth-order valence-electron chi connectivity index (χ4n) is 3.64. The summed E-state index contributed by atoms with van der Waals surface area (Å²) in [4.78, 5) is 26.7. The van der Waals surface area contributed by atoms with Crippen LogP contribution in [0.15, 0.2) is 78.9 Å². The Labute approximate surface area is 208 Å². The second-order valence-corrected chi connectivity index (χ2v) is 8.47. The lowest BCUT2D eigenvalue weighted by Crippen LogP contribution is -2.26. The molecule has 6 heteroatoms. The van der Waals surface area contributed by atoms with Gasteiger partial charge in [-0.25, -0.2) is 0 Å². The molecule has 0 saturated carbocycles. The van der Waals surface area contributed by atoms with Crippen LogP contribution in [0.4, 0.5) is 17.1 Å². The number of hydrogen-bond donors (Lipinski definition) is 2. The quantitative estimate of drug-likeness (QED) is 0.283. The van der Waals surface area contributed by atoms with E-state index in [4.69, 9.17) is 4.74 Å². The minimum Gasteiger partial charge on any atom is -0.494 e. The molecule has 3 aromatic carbocycles. The van der Waals surface area contributed by atoms with Crippen LogP contribution >= 0.6 is 0 Å². The third kappa shape index (κ3) is 8.49. The van der Waals surface area contributed by atoms with E-state index in [-0.39, 0.29) is 18.4 Å². The number of rotatable bonds is 13. The van der Waals surface area contributed by atoms with Crippen LogP contribution in [0.5, 0.6) is 5.75 Å². The Morgan fingerprint density at radius 2 is 1.57 bits per heavy atom. The largest absolute Gasteiger partial charge is 0.494 e. The van der Waals surface area contributed by atoms with Crippen molar-refractivity contribution in [3.63, 3.8) is 0 Å². The van der Waals surface area contributed by atoms with Crippen LogP contribution in [0.2, 0.25) is 0 Å². The number of ether oxygens (including phenoxy) is 1. The monoisotopic (exact) mass is 473 g/mol. The molecule has 0 saturated heterocycles. The standard InChI is InChI=1S/C29H35N3O3/c1-3-4-5-6-10-20-35-27-15-11-12-25(21-27)31-28(33)22-30-24-18-16-23(17-19-24)29(34)32(2)26-13-8-7-9-14-26/h7-9,11-19,21,30H,3-6,10,20,22H2,1-2H3,(H,31,33). The number of para-hydroxylation sites is 1. The highest BCUT2D eigenvalue weighted by molar-refractivity contribution is 6.05. The number of carbonyl (C=O) groups is 2. The van der Waals surface area contributed by atoms with E-state index in [2.05, 4.69) is 17.6 Å². The van der Waals surface area contributed by atoms with Gasteiger partial charge in [-0.2, -0.15) is 0 Å². The van der Waals surface area contributed by atoms with E-state index in [0.29, 0.717) is 17.9 Å². The number of carbonyl (C=O) groups excluding carboxylic acids is 2. The summed E-state index contributed by atoms with van der Waals surface area (Å²) >= 11 is 0. The first-order valence-corrected chi connectivity index (χ1v) is 12.3. The van der Waals surface area contributed by atoms with Crippen molar-refractivity contribution < 1.29 is 14.3 Å². The van der Waals surface area contributed by atoms with Gasteiger partial charge in [-0.1, -0.05) is 56.9 Å². The van der Waals surface area contributed by atoms with Crippen LogP contribution in [0, 0.1) is 0 Å². The zero-order valence-corrected chi connectivity index (χ0v) is 20.6. The first-order valence-electron chi connectivity index (χ1n) is 12.3. The minimum atomic E-state index is -0.161. The Balaban J connectivity index is 1.44. The second-order valence-electron chi connectivity index (χ2n) is 8.47. The van der Waals surface area contributed by atoms with E-state index in [1.54, 1.807) is 36.2 Å². The number of benzene rings is 3. The topological polar surface area (TPSA) is 70.7 Å². The van der Waals surface area contributed by atoms with Crippen molar-refractivity contribution in [1.29, 1.82) is 0 Å². The smallest absolute Gasteiger partial charge is 0.258 e. The van der Waals surface area contributed by atoms with E-state index < -0.39 is 0 Å². The van der Waals surface area contributed by atoms with Crippen molar-refractivity contribution >= 4 is 28.9 Å². The summed E-state index contributed by atoms with van der Waals surface area (Å²) in [7, 11) is 1.75. The molecule has 0 aliphatic heterocycles. The average Bonchev–Trinajstić information content (AvgIpc) is 2.89. The lowest BCUT2D eigenvalue weighted by Gasteiger charge is -2.17. The molecule has 3 rings (SSSR count). The highest BCUT2D eigenvalue weighted by Gasteiger charge is 2.13. The normalized spacial score (nSPS) is 10.5. The Hall–Kier alpha value is -3.80. The summed E-state index contributed by atoms with van der Waals surface area (Å²) in [5.41, 5.74) is 2.87. The molecule has 0 aliphatic carbocycles. The minimum absolute atomic E-state index is 0.0939. The first-order chi connectivity index (χ1) is 17.1. The van der Waals surface area contributed by atoms with Gasteiger partial charge in [0.25, 0.3) is 5.91 Å². The summed E-state index contributed by atoms with van der Waals surface area (Å²) in [6.45, 7) is 3.00. The molecule has 0 unspecified atom stereocenters. The van der Waals surface area contributed by atoms with Gasteiger partial charge in [-0.3, -0.25) is 9.59 Å². The highest BCUT2D eigenvalue weighted by Crippen LogP contribution is 2.19. The van der Waals surface area contributed by atoms with Crippen molar-refractivity contribution in [2.45, 2.75) is 39.0 Å². The van der Waals surface area contributed by atoms with Crippen LogP contribution in [-0.2, 0) is 4.79 Å². The Bertz CT molecular complexity index is 1070. The molecular weight excluding hydrogens is 438 g/mol. The highest BCUT2D eigenvalue weighted by atomic mass is 16.5. The van der Waals surface area contributed by atoms with Crippen molar-refractivity contribution in [2.75, 3.05) is 35.7 Å². The third-order valence-electron chi connectivity index (χ3n) is 5.67. The number of nitrogens with one attached hydrogen (secondary N) is 2. The molecule has 2 N–H and O–H groups in total. The fourth-order valence-corrected chi connectivity index (χ4v) is 3.64. The number of nitrogens with zero attached hydrogens (tertiary/aromatic N) is 1. The van der Waals surface area contributed by atoms with Crippen LogP contribution in [0.1, 0.15) is 49.4 Å². The van der Waals surface area contributed by atoms with Crippen LogP contribution in [0.3, 0.4) is 0 Å². The average molecular weight is 474 g/mol. The molecule has 0 fully saturated rings. The maximum absolute atomic E-state index is 12.7. The molecule has 0 aliphatic rings. The van der Waals surface area contributed by atoms with E-state index >= 15 is 0 Å². The zero-order chi connectivity index (χ0) is 24.9. The molecule has 35 heavy (non-hydrogen) atoms. The van der Waals surface area contributed by atoms with Crippen molar-refractivity contribution in [3.8, 4) is 5.75 Å². The van der Waals surface area contributed by atoms with Crippen LogP contribution < -0.4 is 20.3 Å². The lowest BCUT2D eigenvalue weighted by atomic mass is 10.1. The second kappa shape index (κ2) is 13.8. The van der Waals surface area contributed by atoms with E-state index in [1.807, 2.05) is 54.6 Å². The molecule has 0 heterocycles.